The average molecular weight is 286 g/mol. The number of nitrogens with two attached hydrogens (primary N) is 1. The van der Waals surface area contributed by atoms with Crippen molar-refractivity contribution in [2.75, 3.05) is 0 Å². The number of nitrogens with one attached hydrogen (secondary N) is 2. The molecule has 4 N–H and O–H groups in total. The molecule has 0 aliphatic heterocycles. The molecule has 2 rings (SSSR count). The number of H-pyrrole nitrogens is 1. The zero-order valence-corrected chi connectivity index (χ0v) is 13.7. The summed E-state index contributed by atoms with van der Waals surface area (Å²) < 4.78 is 0. The Hall–Kier alpha value is -1.97. The van der Waals surface area contributed by atoms with Gasteiger partial charge in [0.25, 0.3) is 0 Å². The molecule has 4 heteroatoms. The maximum absolute atomic E-state index is 5.94. The lowest BCUT2D eigenvalue weighted by atomic mass is 10.0. The molecule has 0 aliphatic rings. The monoisotopic (exact) mass is 286 g/mol. The molecule has 0 spiro atoms. The Labute approximate surface area is 126 Å². The average Bonchev–Trinajstić information content (AvgIpc) is 2.72. The minimum absolute atomic E-state index is 0.348. The molecule has 4 nitrogen and oxygen atoms in total. The molecular weight excluding hydrogens is 260 g/mol. The highest BCUT2D eigenvalue weighted by molar-refractivity contribution is 5.88. The fourth-order valence-corrected chi connectivity index (χ4v) is 2.48. The van der Waals surface area contributed by atoms with Crippen molar-refractivity contribution in [3.63, 3.8) is 0 Å². The molecule has 1 unspecified atom stereocenters. The zero-order chi connectivity index (χ0) is 15.6. The lowest BCUT2D eigenvalue weighted by Gasteiger charge is -2.12. The van der Waals surface area contributed by atoms with Crippen LogP contribution in [0.5, 0.6) is 0 Å². The third-order valence-corrected chi connectivity index (χ3v) is 4.07. The number of rotatable bonds is 4. The van der Waals surface area contributed by atoms with Crippen LogP contribution in [0.3, 0.4) is 0 Å². The number of aromatic amines is 1. The molecule has 1 heterocycles. The minimum Gasteiger partial charge on any atom is -0.370 e. The van der Waals surface area contributed by atoms with Gasteiger partial charge < -0.3 is 16.0 Å². The van der Waals surface area contributed by atoms with E-state index >= 15 is 0 Å². The van der Waals surface area contributed by atoms with Gasteiger partial charge >= 0.3 is 0 Å². The third-order valence-electron chi connectivity index (χ3n) is 4.07. The molecule has 1 aromatic carbocycles. The summed E-state index contributed by atoms with van der Waals surface area (Å²) in [4.78, 5) is 7.94. The molecule has 0 aliphatic carbocycles. The van der Waals surface area contributed by atoms with Crippen molar-refractivity contribution in [3.05, 3.63) is 34.5 Å². The number of guanidine groups is 1. The summed E-state index contributed by atoms with van der Waals surface area (Å²) in [5, 5.41) is 4.48. The first kappa shape index (κ1) is 15.4. The van der Waals surface area contributed by atoms with Crippen molar-refractivity contribution < 1.29 is 0 Å². The van der Waals surface area contributed by atoms with Crippen LogP contribution in [0, 0.1) is 20.8 Å². The first-order valence-corrected chi connectivity index (χ1v) is 7.57. The minimum atomic E-state index is 0.348. The van der Waals surface area contributed by atoms with E-state index in [1.54, 1.807) is 0 Å². The van der Waals surface area contributed by atoms with E-state index in [1.807, 2.05) is 0 Å². The van der Waals surface area contributed by atoms with Crippen molar-refractivity contribution in [2.24, 2.45) is 10.7 Å². The van der Waals surface area contributed by atoms with Gasteiger partial charge in [-0.2, -0.15) is 0 Å². The first-order valence-electron chi connectivity index (χ1n) is 7.57. The summed E-state index contributed by atoms with van der Waals surface area (Å²) in [7, 11) is 0. The van der Waals surface area contributed by atoms with Crippen molar-refractivity contribution in [2.45, 2.75) is 53.6 Å². The van der Waals surface area contributed by atoms with Crippen molar-refractivity contribution >= 4 is 16.9 Å². The maximum Gasteiger partial charge on any atom is 0.189 e. The highest BCUT2D eigenvalue weighted by Crippen LogP contribution is 2.26. The first-order chi connectivity index (χ1) is 9.92. The van der Waals surface area contributed by atoms with E-state index in [9.17, 15) is 0 Å². The molecule has 1 atom stereocenters. The van der Waals surface area contributed by atoms with Gasteiger partial charge in [0, 0.05) is 17.1 Å². The second-order valence-corrected chi connectivity index (χ2v) is 5.88. The fourth-order valence-electron chi connectivity index (χ4n) is 2.48. The zero-order valence-electron chi connectivity index (χ0n) is 13.7. The van der Waals surface area contributed by atoms with Crippen LogP contribution >= 0.6 is 0 Å². The second kappa shape index (κ2) is 6.20. The van der Waals surface area contributed by atoms with Gasteiger partial charge in [-0.05, 0) is 51.3 Å². The Morgan fingerprint density at radius 2 is 2.05 bits per heavy atom. The summed E-state index contributed by atoms with van der Waals surface area (Å²) in [6.07, 6.45) is 1.03. The number of aryl methyl sites for hydroxylation is 3. The number of fused-ring (bicyclic) bond motifs is 1. The molecule has 114 valence electrons. The number of hydrogen-bond acceptors (Lipinski definition) is 1. The molecule has 0 fully saturated rings. The highest BCUT2D eigenvalue weighted by atomic mass is 15.1. The van der Waals surface area contributed by atoms with Crippen LogP contribution in [0.25, 0.3) is 10.9 Å². The van der Waals surface area contributed by atoms with E-state index in [4.69, 9.17) is 5.73 Å². The third kappa shape index (κ3) is 3.38. The number of aliphatic imine (C=N–C) groups is 1. The lowest BCUT2D eigenvalue weighted by molar-refractivity contribution is 0.636. The highest BCUT2D eigenvalue weighted by Gasteiger charge is 2.09. The van der Waals surface area contributed by atoms with E-state index in [-0.39, 0.29) is 0 Å². The van der Waals surface area contributed by atoms with Crippen LogP contribution in [0.2, 0.25) is 0 Å². The van der Waals surface area contributed by atoms with Gasteiger partial charge in [0.2, 0.25) is 0 Å². The Kier molecular flexibility index (Phi) is 4.56. The summed E-state index contributed by atoms with van der Waals surface area (Å²) in [5.74, 6) is 0.513. The Balaban J connectivity index is 2.30. The predicted molar refractivity (Wildman–Crippen MR) is 90.7 cm³/mol. The van der Waals surface area contributed by atoms with E-state index in [2.05, 4.69) is 62.0 Å². The molecule has 0 radical (unpaired) electrons. The summed E-state index contributed by atoms with van der Waals surface area (Å²) >= 11 is 0. The molecule has 21 heavy (non-hydrogen) atoms. The van der Waals surface area contributed by atoms with Gasteiger partial charge in [-0.3, -0.25) is 0 Å². The number of aromatic nitrogens is 1. The number of nitrogens with zero attached hydrogens (tertiary/aromatic N) is 1. The smallest absolute Gasteiger partial charge is 0.189 e. The van der Waals surface area contributed by atoms with Crippen molar-refractivity contribution in [3.8, 4) is 0 Å². The quantitative estimate of drug-likeness (QED) is 0.596. The van der Waals surface area contributed by atoms with Gasteiger partial charge in [-0.25, -0.2) is 4.99 Å². The van der Waals surface area contributed by atoms with E-state index in [0.717, 1.165) is 6.42 Å². The number of benzene rings is 1. The van der Waals surface area contributed by atoms with Crippen molar-refractivity contribution in [1.29, 1.82) is 0 Å². The molecular formula is C17H26N4. The fraction of sp³-hybridized carbons (Fsp3) is 0.471. The van der Waals surface area contributed by atoms with Crippen LogP contribution in [0.4, 0.5) is 0 Å². The molecule has 2 aromatic rings. The van der Waals surface area contributed by atoms with Gasteiger partial charge in [0.05, 0.1) is 12.1 Å². The second-order valence-electron chi connectivity index (χ2n) is 5.88. The van der Waals surface area contributed by atoms with Crippen LogP contribution in [0.15, 0.2) is 17.1 Å². The Bertz CT molecular complexity index is 667. The van der Waals surface area contributed by atoms with Gasteiger partial charge in [-0.1, -0.05) is 18.6 Å². The summed E-state index contributed by atoms with van der Waals surface area (Å²) in [5.41, 5.74) is 12.1. The van der Waals surface area contributed by atoms with Crippen LogP contribution < -0.4 is 11.1 Å². The van der Waals surface area contributed by atoms with Gasteiger partial charge in [-0.15, -0.1) is 0 Å². The van der Waals surface area contributed by atoms with Crippen LogP contribution in [-0.4, -0.2) is 17.0 Å². The predicted octanol–water partition coefficient (Wildman–Crippen LogP) is 3.30. The normalized spacial score (nSPS) is 13.7. The van der Waals surface area contributed by atoms with E-state index in [0.29, 0.717) is 18.5 Å². The van der Waals surface area contributed by atoms with E-state index < -0.39 is 0 Å². The summed E-state index contributed by atoms with van der Waals surface area (Å²) in [6.45, 7) is 11.2. The SMILES string of the molecule is CCC(C)NC(N)=NCc1cc(C)cc2c(C)c(C)[nH]c12. The Morgan fingerprint density at radius 3 is 2.71 bits per heavy atom. The van der Waals surface area contributed by atoms with Crippen LogP contribution in [-0.2, 0) is 6.54 Å². The van der Waals surface area contributed by atoms with Gasteiger partial charge in [0.15, 0.2) is 5.96 Å². The lowest BCUT2D eigenvalue weighted by Crippen LogP contribution is -2.38. The van der Waals surface area contributed by atoms with E-state index in [1.165, 1.54) is 33.3 Å². The molecule has 0 amide bonds. The van der Waals surface area contributed by atoms with Crippen molar-refractivity contribution in [1.82, 2.24) is 10.3 Å². The largest absolute Gasteiger partial charge is 0.370 e. The maximum atomic E-state index is 5.94. The summed E-state index contributed by atoms with van der Waals surface area (Å²) in [6, 6.07) is 4.75. The molecule has 1 aromatic heterocycles. The standard InChI is InChI=1S/C17H26N4/c1-6-11(3)20-17(18)19-9-14-7-10(2)8-15-12(4)13(5)21-16(14)15/h7-8,11,21H,6,9H2,1-5H3,(H3,18,19,20). The van der Waals surface area contributed by atoms with Crippen LogP contribution in [0.1, 0.15) is 42.7 Å². The molecule has 0 bridgehead atoms. The Morgan fingerprint density at radius 1 is 1.33 bits per heavy atom. The molecule has 0 saturated carbocycles. The van der Waals surface area contributed by atoms with Gasteiger partial charge in [0.1, 0.15) is 0 Å². The topological polar surface area (TPSA) is 66.2 Å². The number of hydrogen-bond donors (Lipinski definition) is 3. The molecule has 0 saturated heterocycles.